The summed E-state index contributed by atoms with van der Waals surface area (Å²) in [6.07, 6.45) is 2.98. The highest BCUT2D eigenvalue weighted by Crippen LogP contribution is 2.25. The van der Waals surface area contributed by atoms with Gasteiger partial charge in [0.15, 0.2) is 0 Å². The van der Waals surface area contributed by atoms with Gasteiger partial charge in [0.1, 0.15) is 5.75 Å². The lowest BCUT2D eigenvalue weighted by atomic mass is 10.0. The Balaban J connectivity index is 2.02. The van der Waals surface area contributed by atoms with Crippen molar-refractivity contribution in [2.45, 2.75) is 38.3 Å². The zero-order valence-electron chi connectivity index (χ0n) is 10.6. The summed E-state index contributed by atoms with van der Waals surface area (Å²) in [5, 5.41) is 13.4. The lowest BCUT2D eigenvalue weighted by Gasteiger charge is -2.14. The van der Waals surface area contributed by atoms with Crippen molar-refractivity contribution < 1.29 is 9.84 Å². The molecule has 1 aliphatic carbocycles. The summed E-state index contributed by atoms with van der Waals surface area (Å²) in [7, 11) is 1.68. The highest BCUT2D eigenvalue weighted by Gasteiger charge is 2.21. The Labute approximate surface area is 103 Å². The maximum absolute atomic E-state index is 10.1. The molecule has 0 saturated heterocycles. The number of rotatable bonds is 6. The molecule has 0 bridgehead atoms. The monoisotopic (exact) mass is 235 g/mol. The van der Waals surface area contributed by atoms with E-state index in [-0.39, 0.29) is 0 Å². The van der Waals surface area contributed by atoms with Crippen molar-refractivity contribution >= 4 is 0 Å². The fourth-order valence-electron chi connectivity index (χ4n) is 1.97. The van der Waals surface area contributed by atoms with Crippen molar-refractivity contribution in [1.82, 2.24) is 5.32 Å². The smallest absolute Gasteiger partial charge is 0.122 e. The molecule has 0 aliphatic heterocycles. The van der Waals surface area contributed by atoms with Crippen molar-refractivity contribution in [3.05, 3.63) is 29.3 Å². The molecule has 2 rings (SSSR count). The molecular weight excluding hydrogens is 214 g/mol. The summed E-state index contributed by atoms with van der Waals surface area (Å²) in [4.78, 5) is 0. The van der Waals surface area contributed by atoms with E-state index in [0.29, 0.717) is 12.6 Å². The number of hydrogen-bond donors (Lipinski definition) is 2. The normalized spacial score (nSPS) is 16.9. The molecule has 1 aromatic rings. The van der Waals surface area contributed by atoms with Crippen LogP contribution in [0.15, 0.2) is 18.2 Å². The molecule has 94 valence electrons. The van der Waals surface area contributed by atoms with Gasteiger partial charge in [-0.2, -0.15) is 0 Å². The van der Waals surface area contributed by atoms with Crippen LogP contribution in [0.3, 0.4) is 0 Å². The van der Waals surface area contributed by atoms with Crippen LogP contribution in [-0.4, -0.2) is 24.8 Å². The minimum Gasteiger partial charge on any atom is -0.496 e. The van der Waals surface area contributed by atoms with Crippen LogP contribution < -0.4 is 10.1 Å². The van der Waals surface area contributed by atoms with E-state index in [0.717, 1.165) is 23.3 Å². The molecule has 0 radical (unpaired) electrons. The van der Waals surface area contributed by atoms with Gasteiger partial charge in [-0.3, -0.25) is 0 Å². The first-order valence-corrected chi connectivity index (χ1v) is 6.32. The maximum Gasteiger partial charge on any atom is 0.122 e. The summed E-state index contributed by atoms with van der Waals surface area (Å²) in [6.45, 7) is 2.73. The molecule has 1 atom stereocenters. The first kappa shape index (κ1) is 12.4. The zero-order valence-corrected chi connectivity index (χ0v) is 10.6. The third-order valence-electron chi connectivity index (χ3n) is 3.25. The third kappa shape index (κ3) is 3.20. The van der Waals surface area contributed by atoms with Crippen LogP contribution in [0.5, 0.6) is 5.75 Å². The van der Waals surface area contributed by atoms with Crippen LogP contribution in [0.25, 0.3) is 0 Å². The Morgan fingerprint density at radius 1 is 1.47 bits per heavy atom. The molecule has 2 N–H and O–H groups in total. The van der Waals surface area contributed by atoms with E-state index in [1.165, 1.54) is 12.8 Å². The van der Waals surface area contributed by atoms with Gasteiger partial charge in [-0.1, -0.05) is 13.0 Å². The van der Waals surface area contributed by atoms with Gasteiger partial charge in [0.25, 0.3) is 0 Å². The van der Waals surface area contributed by atoms with E-state index in [4.69, 9.17) is 4.74 Å². The van der Waals surface area contributed by atoms with E-state index in [1.807, 2.05) is 18.2 Å². The molecule has 1 aromatic carbocycles. The van der Waals surface area contributed by atoms with Gasteiger partial charge in [0.2, 0.25) is 0 Å². The molecule has 1 unspecified atom stereocenters. The minimum atomic E-state index is -0.424. The SMILES string of the molecule is CCc1cc(C(O)CNC2CC2)ccc1OC. The second kappa shape index (κ2) is 5.52. The van der Waals surface area contributed by atoms with Gasteiger partial charge in [-0.25, -0.2) is 0 Å². The second-order valence-corrected chi connectivity index (χ2v) is 4.62. The number of aliphatic hydroxyl groups is 1. The van der Waals surface area contributed by atoms with Gasteiger partial charge in [-0.05, 0) is 42.5 Å². The fourth-order valence-corrected chi connectivity index (χ4v) is 1.97. The van der Waals surface area contributed by atoms with Gasteiger partial charge in [0.05, 0.1) is 13.2 Å². The molecule has 3 nitrogen and oxygen atoms in total. The average Bonchev–Trinajstić information content (AvgIpc) is 3.19. The largest absolute Gasteiger partial charge is 0.496 e. The number of ether oxygens (including phenoxy) is 1. The Morgan fingerprint density at radius 2 is 2.24 bits per heavy atom. The minimum absolute atomic E-state index is 0.424. The summed E-state index contributed by atoms with van der Waals surface area (Å²) in [5.74, 6) is 0.901. The highest BCUT2D eigenvalue weighted by atomic mass is 16.5. The van der Waals surface area contributed by atoms with Crippen LogP contribution in [0, 0.1) is 0 Å². The Morgan fingerprint density at radius 3 is 2.82 bits per heavy atom. The Hall–Kier alpha value is -1.06. The van der Waals surface area contributed by atoms with E-state index in [2.05, 4.69) is 12.2 Å². The number of hydrogen-bond acceptors (Lipinski definition) is 3. The predicted molar refractivity (Wildman–Crippen MR) is 68.4 cm³/mol. The van der Waals surface area contributed by atoms with Gasteiger partial charge >= 0.3 is 0 Å². The van der Waals surface area contributed by atoms with Gasteiger partial charge in [-0.15, -0.1) is 0 Å². The standard InChI is InChI=1S/C14H21NO2/c1-3-10-8-11(4-7-14(10)17-2)13(16)9-15-12-5-6-12/h4,7-8,12-13,15-16H,3,5-6,9H2,1-2H3. The van der Waals surface area contributed by atoms with Crippen molar-refractivity contribution in [1.29, 1.82) is 0 Å². The predicted octanol–water partition coefficient (Wildman–Crippen LogP) is 2.04. The van der Waals surface area contributed by atoms with Crippen LogP contribution >= 0.6 is 0 Å². The van der Waals surface area contributed by atoms with Crippen molar-refractivity contribution in [3.63, 3.8) is 0 Å². The van der Waals surface area contributed by atoms with Crippen molar-refractivity contribution in [3.8, 4) is 5.75 Å². The summed E-state index contributed by atoms with van der Waals surface area (Å²) in [6, 6.07) is 6.55. The third-order valence-corrected chi connectivity index (χ3v) is 3.25. The molecule has 0 heterocycles. The number of aryl methyl sites for hydroxylation is 1. The zero-order chi connectivity index (χ0) is 12.3. The molecule has 1 saturated carbocycles. The van der Waals surface area contributed by atoms with Crippen LogP contribution in [0.4, 0.5) is 0 Å². The van der Waals surface area contributed by atoms with Crippen LogP contribution in [0.2, 0.25) is 0 Å². The van der Waals surface area contributed by atoms with Crippen LogP contribution in [-0.2, 0) is 6.42 Å². The number of benzene rings is 1. The van der Waals surface area contributed by atoms with E-state index >= 15 is 0 Å². The summed E-state index contributed by atoms with van der Waals surface area (Å²) >= 11 is 0. The molecule has 1 fully saturated rings. The molecule has 3 heteroatoms. The van der Waals surface area contributed by atoms with E-state index in [1.54, 1.807) is 7.11 Å². The van der Waals surface area contributed by atoms with Crippen LogP contribution in [0.1, 0.15) is 37.0 Å². The lowest BCUT2D eigenvalue weighted by molar-refractivity contribution is 0.174. The quantitative estimate of drug-likeness (QED) is 0.793. The Bertz CT molecular complexity index is 374. The molecule has 0 amide bonds. The lowest BCUT2D eigenvalue weighted by Crippen LogP contribution is -2.23. The van der Waals surface area contributed by atoms with Crippen molar-refractivity contribution in [2.75, 3.05) is 13.7 Å². The number of aliphatic hydroxyl groups excluding tert-OH is 1. The summed E-state index contributed by atoms with van der Waals surface area (Å²) in [5.41, 5.74) is 2.12. The molecule has 17 heavy (non-hydrogen) atoms. The molecule has 1 aliphatic rings. The van der Waals surface area contributed by atoms with E-state index in [9.17, 15) is 5.11 Å². The first-order chi connectivity index (χ1) is 8.24. The van der Waals surface area contributed by atoms with Crippen molar-refractivity contribution in [2.24, 2.45) is 0 Å². The average molecular weight is 235 g/mol. The fraction of sp³-hybridized carbons (Fsp3) is 0.571. The summed E-state index contributed by atoms with van der Waals surface area (Å²) < 4.78 is 5.28. The molecule has 0 aromatic heterocycles. The topological polar surface area (TPSA) is 41.5 Å². The Kier molecular flexibility index (Phi) is 4.02. The van der Waals surface area contributed by atoms with E-state index < -0.39 is 6.10 Å². The second-order valence-electron chi connectivity index (χ2n) is 4.62. The number of methoxy groups -OCH3 is 1. The number of nitrogens with one attached hydrogen (secondary N) is 1. The van der Waals surface area contributed by atoms with Gasteiger partial charge in [0, 0.05) is 12.6 Å². The highest BCUT2D eigenvalue weighted by molar-refractivity contribution is 5.38. The maximum atomic E-state index is 10.1. The van der Waals surface area contributed by atoms with Gasteiger partial charge < -0.3 is 15.2 Å². The molecule has 0 spiro atoms. The first-order valence-electron chi connectivity index (χ1n) is 6.32. The molecular formula is C14H21NO2.